The average Bonchev–Trinajstić information content (AvgIpc) is 3.38. The molecule has 140 valence electrons. The van der Waals surface area contributed by atoms with Crippen molar-refractivity contribution in [2.75, 3.05) is 7.05 Å². The largest absolute Gasteiger partial charge is 0.361 e. The number of carbonyl (C=O) groups is 2. The third-order valence-corrected chi connectivity index (χ3v) is 5.37. The summed E-state index contributed by atoms with van der Waals surface area (Å²) < 4.78 is 1.89. The monoisotopic (exact) mass is 365 g/mol. The number of imidazole rings is 1. The summed E-state index contributed by atoms with van der Waals surface area (Å²) in [5, 5.41) is 6.85. The topological polar surface area (TPSA) is 91.8 Å². The van der Waals surface area contributed by atoms with Crippen molar-refractivity contribution in [3.8, 4) is 5.69 Å². The highest BCUT2D eigenvalue weighted by atomic mass is 16.2. The Morgan fingerprint density at radius 3 is 2.74 bits per heavy atom. The normalized spacial score (nSPS) is 19.7. The number of amides is 2. The molecule has 0 radical (unpaired) electrons. The van der Waals surface area contributed by atoms with Gasteiger partial charge in [-0.2, -0.15) is 0 Å². The highest BCUT2D eigenvalue weighted by Crippen LogP contribution is 2.26. The van der Waals surface area contributed by atoms with Gasteiger partial charge in [-0.3, -0.25) is 9.59 Å². The van der Waals surface area contributed by atoms with Crippen molar-refractivity contribution >= 4 is 22.7 Å². The third-order valence-electron chi connectivity index (χ3n) is 5.37. The maximum atomic E-state index is 13.0. The summed E-state index contributed by atoms with van der Waals surface area (Å²) in [6.45, 7) is 0. The molecule has 1 aromatic carbocycles. The molecule has 0 bridgehead atoms. The summed E-state index contributed by atoms with van der Waals surface area (Å²) in [6, 6.07) is 5.96. The molecule has 0 saturated heterocycles. The van der Waals surface area contributed by atoms with Gasteiger partial charge in [0.1, 0.15) is 0 Å². The number of hydrogen-bond donors (Lipinski definition) is 3. The van der Waals surface area contributed by atoms with Gasteiger partial charge in [0.25, 0.3) is 5.91 Å². The van der Waals surface area contributed by atoms with Crippen LogP contribution in [0.5, 0.6) is 0 Å². The lowest BCUT2D eigenvalue weighted by atomic mass is 9.85. The second-order valence-corrected chi connectivity index (χ2v) is 7.04. The molecular formula is C20H23N5O2. The number of aromatic nitrogens is 3. The zero-order valence-corrected chi connectivity index (χ0v) is 15.2. The van der Waals surface area contributed by atoms with Crippen LogP contribution < -0.4 is 10.6 Å². The van der Waals surface area contributed by atoms with Crippen LogP contribution in [0.4, 0.5) is 0 Å². The number of nitrogens with zero attached hydrogens (tertiary/aromatic N) is 2. The molecule has 4 rings (SSSR count). The van der Waals surface area contributed by atoms with Crippen molar-refractivity contribution in [2.24, 2.45) is 5.92 Å². The minimum absolute atomic E-state index is 0.0582. The molecule has 1 aliphatic rings. The number of aromatic amines is 1. The van der Waals surface area contributed by atoms with E-state index >= 15 is 0 Å². The number of rotatable bonds is 4. The van der Waals surface area contributed by atoms with Crippen LogP contribution >= 0.6 is 0 Å². The van der Waals surface area contributed by atoms with Crippen LogP contribution in [0.2, 0.25) is 0 Å². The molecule has 0 spiro atoms. The predicted molar refractivity (Wildman–Crippen MR) is 103 cm³/mol. The summed E-state index contributed by atoms with van der Waals surface area (Å²) in [6.07, 6.45) is 10.4. The summed E-state index contributed by atoms with van der Waals surface area (Å²) >= 11 is 0. The molecule has 2 amide bonds. The van der Waals surface area contributed by atoms with E-state index in [0.717, 1.165) is 42.3 Å². The maximum Gasteiger partial charge on any atom is 0.253 e. The Kier molecular flexibility index (Phi) is 4.66. The van der Waals surface area contributed by atoms with Gasteiger partial charge in [0.05, 0.1) is 17.4 Å². The highest BCUT2D eigenvalue weighted by Gasteiger charge is 2.27. The van der Waals surface area contributed by atoms with Crippen molar-refractivity contribution in [2.45, 2.75) is 31.7 Å². The van der Waals surface area contributed by atoms with E-state index in [2.05, 4.69) is 20.6 Å². The Bertz CT molecular complexity index is 952. The molecule has 1 saturated carbocycles. The van der Waals surface area contributed by atoms with Gasteiger partial charge in [0.2, 0.25) is 5.91 Å². The van der Waals surface area contributed by atoms with E-state index < -0.39 is 0 Å². The van der Waals surface area contributed by atoms with Crippen LogP contribution in [0.3, 0.4) is 0 Å². The van der Waals surface area contributed by atoms with E-state index in [-0.39, 0.29) is 23.8 Å². The van der Waals surface area contributed by atoms with E-state index in [9.17, 15) is 9.59 Å². The number of nitrogens with one attached hydrogen (secondary N) is 3. The number of hydrogen-bond acceptors (Lipinski definition) is 3. The Labute approximate surface area is 157 Å². The molecule has 7 heteroatoms. The first-order valence-electron chi connectivity index (χ1n) is 9.27. The molecule has 0 atom stereocenters. The fraction of sp³-hybridized carbons (Fsp3) is 0.350. The highest BCUT2D eigenvalue weighted by molar-refractivity contribution is 6.06. The first kappa shape index (κ1) is 17.3. The molecule has 1 fully saturated rings. The Balaban J connectivity index is 1.53. The van der Waals surface area contributed by atoms with Gasteiger partial charge >= 0.3 is 0 Å². The molecule has 2 heterocycles. The van der Waals surface area contributed by atoms with Crippen molar-refractivity contribution in [3.63, 3.8) is 0 Å². The Hall–Kier alpha value is -3.09. The van der Waals surface area contributed by atoms with Crippen LogP contribution in [0, 0.1) is 5.92 Å². The molecular weight excluding hydrogens is 342 g/mol. The molecule has 3 N–H and O–H groups in total. The van der Waals surface area contributed by atoms with Crippen molar-refractivity contribution in [1.82, 2.24) is 25.2 Å². The van der Waals surface area contributed by atoms with Crippen LogP contribution in [0.15, 0.2) is 43.1 Å². The molecule has 27 heavy (non-hydrogen) atoms. The first-order chi connectivity index (χ1) is 13.2. The fourth-order valence-electron chi connectivity index (χ4n) is 3.86. The zero-order valence-electron chi connectivity index (χ0n) is 15.2. The van der Waals surface area contributed by atoms with E-state index in [1.165, 1.54) is 0 Å². The SMILES string of the molecule is CNC(=O)C1CCC(NC(=O)c2cc(-n3ccnc3)cc3cc[nH]c23)CC1. The van der Waals surface area contributed by atoms with Crippen LogP contribution in [-0.2, 0) is 4.79 Å². The van der Waals surface area contributed by atoms with E-state index in [0.29, 0.717) is 5.56 Å². The van der Waals surface area contributed by atoms with Gasteiger partial charge in [-0.1, -0.05) is 0 Å². The standard InChI is InChI=1S/C20H23N5O2/c1-21-19(26)13-2-4-15(5-3-13)24-20(27)17-11-16(25-9-8-22-12-25)10-14-6-7-23-18(14)17/h6-13,15,23H,2-5H2,1H3,(H,21,26)(H,24,27). The number of benzene rings is 1. The predicted octanol–water partition coefficient (Wildman–Crippen LogP) is 2.39. The van der Waals surface area contributed by atoms with Crippen LogP contribution in [0.25, 0.3) is 16.6 Å². The van der Waals surface area contributed by atoms with Crippen molar-refractivity contribution in [1.29, 1.82) is 0 Å². The molecule has 7 nitrogen and oxygen atoms in total. The van der Waals surface area contributed by atoms with Gasteiger partial charge in [0.15, 0.2) is 0 Å². The lowest BCUT2D eigenvalue weighted by Crippen LogP contribution is -2.40. The zero-order chi connectivity index (χ0) is 18.8. The molecule has 0 aliphatic heterocycles. The number of H-pyrrole nitrogens is 1. The molecule has 1 aliphatic carbocycles. The van der Waals surface area contributed by atoms with Crippen molar-refractivity contribution < 1.29 is 9.59 Å². The summed E-state index contributed by atoms with van der Waals surface area (Å²) in [7, 11) is 1.67. The van der Waals surface area contributed by atoms with Gasteiger partial charge < -0.3 is 20.2 Å². The lowest BCUT2D eigenvalue weighted by molar-refractivity contribution is -0.125. The second kappa shape index (κ2) is 7.26. The third kappa shape index (κ3) is 3.45. The lowest BCUT2D eigenvalue weighted by Gasteiger charge is -2.28. The summed E-state index contributed by atoms with van der Waals surface area (Å²) in [5.41, 5.74) is 2.35. The van der Waals surface area contributed by atoms with E-state index in [1.807, 2.05) is 35.2 Å². The minimum atomic E-state index is -0.0900. The Morgan fingerprint density at radius 2 is 2.04 bits per heavy atom. The average molecular weight is 365 g/mol. The van der Waals surface area contributed by atoms with Gasteiger partial charge in [-0.25, -0.2) is 4.98 Å². The smallest absolute Gasteiger partial charge is 0.253 e. The van der Waals surface area contributed by atoms with Crippen molar-refractivity contribution in [3.05, 3.63) is 48.7 Å². The quantitative estimate of drug-likeness (QED) is 0.663. The number of carbonyl (C=O) groups excluding carboxylic acids is 2. The maximum absolute atomic E-state index is 13.0. The van der Waals surface area contributed by atoms with Crippen LogP contribution in [0.1, 0.15) is 36.0 Å². The van der Waals surface area contributed by atoms with E-state index in [4.69, 9.17) is 0 Å². The fourth-order valence-corrected chi connectivity index (χ4v) is 3.86. The second-order valence-electron chi connectivity index (χ2n) is 7.04. The first-order valence-corrected chi connectivity index (χ1v) is 9.27. The van der Waals surface area contributed by atoms with Gasteiger partial charge in [-0.15, -0.1) is 0 Å². The number of fused-ring (bicyclic) bond motifs is 1. The van der Waals surface area contributed by atoms with Crippen LogP contribution in [-0.4, -0.2) is 39.4 Å². The summed E-state index contributed by atoms with van der Waals surface area (Å²) in [4.78, 5) is 32.0. The van der Waals surface area contributed by atoms with Gasteiger partial charge in [0, 0.05) is 48.7 Å². The van der Waals surface area contributed by atoms with E-state index in [1.54, 1.807) is 19.6 Å². The molecule has 3 aromatic rings. The molecule has 2 aromatic heterocycles. The van der Waals surface area contributed by atoms with Gasteiger partial charge in [-0.05, 0) is 43.9 Å². The summed E-state index contributed by atoms with van der Waals surface area (Å²) in [5.74, 6) is 0.0662. The minimum Gasteiger partial charge on any atom is -0.361 e. The molecule has 0 unspecified atom stereocenters. The Morgan fingerprint density at radius 1 is 1.22 bits per heavy atom.